The quantitative estimate of drug-likeness (QED) is 0.0374. The van der Waals surface area contributed by atoms with Crippen LogP contribution in [0.4, 0.5) is 9.18 Å². The molecule has 1 amide bonds. The fraction of sp³-hybridized carbons (Fsp3) is 0.393. The second-order valence-corrected chi connectivity index (χ2v) is 17.7. The van der Waals surface area contributed by atoms with E-state index in [-0.39, 0.29) is 63.8 Å². The number of allylic oxidation sites excluding steroid dienone is 1. The summed E-state index contributed by atoms with van der Waals surface area (Å²) in [5.41, 5.74) is 4.17. The van der Waals surface area contributed by atoms with Gasteiger partial charge in [0.1, 0.15) is 42.3 Å². The number of oxime groups is 1. The van der Waals surface area contributed by atoms with Crippen LogP contribution in [-0.2, 0) is 32.2 Å². The number of aliphatic hydroxyl groups excluding tert-OH is 2. The Kier molecular flexibility index (Phi) is 16.6. The molecule has 5 aromatic rings. The topological polar surface area (TPSA) is 129 Å². The van der Waals surface area contributed by atoms with Crippen LogP contribution in [-0.4, -0.2) is 78.4 Å². The van der Waals surface area contributed by atoms with Crippen molar-refractivity contribution in [1.82, 2.24) is 4.90 Å². The molecule has 0 bridgehead atoms. The minimum absolute atomic E-state index is 0.00521. The molecule has 2 aliphatic carbocycles. The highest BCUT2D eigenvalue weighted by molar-refractivity contribution is 6.03. The lowest BCUT2D eigenvalue weighted by molar-refractivity contribution is -0.256. The number of rotatable bonds is 23. The Hall–Kier alpha value is -6.05. The van der Waals surface area contributed by atoms with Crippen molar-refractivity contribution in [3.63, 3.8) is 0 Å². The zero-order valence-corrected chi connectivity index (χ0v) is 38.8. The normalized spacial score (nSPS) is 22.1. The lowest BCUT2D eigenvalue weighted by Crippen LogP contribution is -2.70. The molecule has 6 atom stereocenters. The lowest BCUT2D eigenvalue weighted by Gasteiger charge is -2.59. The van der Waals surface area contributed by atoms with Crippen LogP contribution >= 0.6 is 0 Å². The van der Waals surface area contributed by atoms with Crippen molar-refractivity contribution in [2.24, 2.45) is 22.9 Å². The third kappa shape index (κ3) is 11.1. The molecule has 1 aliphatic heterocycles. The van der Waals surface area contributed by atoms with Crippen LogP contribution in [0, 0.1) is 23.6 Å². The van der Waals surface area contributed by atoms with E-state index in [1.165, 1.54) is 12.1 Å². The third-order valence-corrected chi connectivity index (χ3v) is 13.3. The van der Waals surface area contributed by atoms with E-state index in [1.807, 2.05) is 79.7 Å². The monoisotopic (exact) mass is 926 g/mol. The highest BCUT2D eigenvalue weighted by Gasteiger charge is 2.65. The number of ether oxygens (including phenoxy) is 5. The Bertz CT molecular complexity index is 2520. The first-order valence-electron chi connectivity index (χ1n) is 24.0. The highest BCUT2D eigenvalue weighted by atomic mass is 19.1. The van der Waals surface area contributed by atoms with E-state index in [0.717, 1.165) is 53.2 Å². The maximum absolute atomic E-state index is 14.9. The van der Waals surface area contributed by atoms with Crippen LogP contribution in [0.1, 0.15) is 74.5 Å². The van der Waals surface area contributed by atoms with Crippen molar-refractivity contribution in [2.45, 2.75) is 82.8 Å². The maximum Gasteiger partial charge on any atom is 0.410 e. The van der Waals surface area contributed by atoms with Gasteiger partial charge in [0.25, 0.3) is 0 Å². The molecule has 1 saturated carbocycles. The van der Waals surface area contributed by atoms with E-state index in [2.05, 4.69) is 30.9 Å². The van der Waals surface area contributed by atoms with Gasteiger partial charge in [-0.1, -0.05) is 103 Å². The zero-order valence-electron chi connectivity index (χ0n) is 38.8. The summed E-state index contributed by atoms with van der Waals surface area (Å²) < 4.78 is 47.6. The number of fused-ring (bicyclic) bond motifs is 3. The summed E-state index contributed by atoms with van der Waals surface area (Å²) in [6.45, 7) is 7.01. The van der Waals surface area contributed by atoms with Gasteiger partial charge in [0.2, 0.25) is 5.79 Å². The molecule has 0 aromatic heterocycles. The van der Waals surface area contributed by atoms with Gasteiger partial charge < -0.3 is 38.7 Å². The lowest BCUT2D eigenvalue weighted by atomic mass is 9.55. The largest absolute Gasteiger partial charge is 0.459 e. The molecule has 68 heavy (non-hydrogen) atoms. The summed E-state index contributed by atoms with van der Waals surface area (Å²) >= 11 is 0. The average Bonchev–Trinajstić information content (AvgIpc) is 3.36. The molecule has 0 radical (unpaired) electrons. The molecule has 6 unspecified atom stereocenters. The summed E-state index contributed by atoms with van der Waals surface area (Å²) in [7, 11) is 0. The van der Waals surface area contributed by atoms with Crippen molar-refractivity contribution in [1.29, 1.82) is 0 Å². The van der Waals surface area contributed by atoms with E-state index >= 15 is 0 Å². The van der Waals surface area contributed by atoms with Gasteiger partial charge in [-0.15, -0.1) is 6.58 Å². The standard InChI is InChI=1S/C56H63FN2O9/c1-3-30-65-56-52(59(37-39-20-23-44(57)24-21-39)55(62)64-32-31-63-38-40-14-6-5-7-15-40)36-50(58-66-4-2)48-34-43(18-10-12-28-60)47(19-11-13-29-61)53(54(48)56)49-35-46(26-27-51(49)68-56)67-45-25-22-41-16-8-9-17-42(41)33-45/h3,5-9,14-17,20-27,33-35,43,47,52-54,60-61H,1,4,10-13,18-19,28-32,36-38H2,2H3. The Morgan fingerprint density at radius 3 is 2.37 bits per heavy atom. The van der Waals surface area contributed by atoms with Gasteiger partial charge in [-0.05, 0) is 114 Å². The number of carbonyl (C=O) groups is 1. The van der Waals surface area contributed by atoms with Gasteiger partial charge in [-0.2, -0.15) is 0 Å². The van der Waals surface area contributed by atoms with Gasteiger partial charge in [-0.3, -0.25) is 4.90 Å². The van der Waals surface area contributed by atoms with Crippen LogP contribution in [0.25, 0.3) is 10.8 Å². The maximum atomic E-state index is 14.9. The molecule has 3 aliphatic rings. The number of hydrogen-bond acceptors (Lipinski definition) is 10. The predicted molar refractivity (Wildman–Crippen MR) is 260 cm³/mol. The minimum Gasteiger partial charge on any atom is -0.459 e. The molecule has 11 nitrogen and oxygen atoms in total. The van der Waals surface area contributed by atoms with Gasteiger partial charge in [-0.25, -0.2) is 9.18 Å². The molecule has 1 fully saturated rings. The smallest absolute Gasteiger partial charge is 0.410 e. The van der Waals surface area contributed by atoms with Gasteiger partial charge >= 0.3 is 6.09 Å². The molecular formula is C56H63FN2O9. The summed E-state index contributed by atoms with van der Waals surface area (Å²) in [4.78, 5) is 22.4. The van der Waals surface area contributed by atoms with Gasteiger partial charge in [0, 0.05) is 37.7 Å². The number of unbranched alkanes of at least 4 members (excludes halogenated alkanes) is 2. The van der Waals surface area contributed by atoms with Crippen LogP contribution in [0.5, 0.6) is 17.2 Å². The van der Waals surface area contributed by atoms with E-state index in [1.54, 1.807) is 23.1 Å². The second-order valence-electron chi connectivity index (χ2n) is 17.7. The first kappa shape index (κ1) is 48.4. The summed E-state index contributed by atoms with van der Waals surface area (Å²) in [6, 6.07) is 35.1. The second kappa shape index (κ2) is 23.3. The predicted octanol–water partition coefficient (Wildman–Crippen LogP) is 11.3. The Morgan fingerprint density at radius 1 is 0.868 bits per heavy atom. The number of amides is 1. The molecule has 8 rings (SSSR count). The fourth-order valence-electron chi connectivity index (χ4n) is 10.3. The number of hydrogen-bond donors (Lipinski definition) is 2. The number of halogens is 1. The van der Waals surface area contributed by atoms with E-state index in [4.69, 9.17) is 33.7 Å². The SMILES string of the molecule is C=CCOC12Oc3ccc(Oc4ccc5ccccc5c4)cc3C3C(CCCCO)C(CCCCO)C=C(C(=NOCC)CC1N(Cc1ccc(F)cc1)C(=O)OCCOCc1ccccc1)C32. The first-order chi connectivity index (χ1) is 33.3. The van der Waals surface area contributed by atoms with Crippen LogP contribution in [0.2, 0.25) is 0 Å². The van der Waals surface area contributed by atoms with Crippen molar-refractivity contribution in [3.8, 4) is 17.2 Å². The molecule has 12 heteroatoms. The molecule has 358 valence electrons. The molecule has 0 saturated heterocycles. The van der Waals surface area contributed by atoms with Gasteiger partial charge in [0.05, 0.1) is 31.5 Å². The zero-order chi connectivity index (χ0) is 47.3. The summed E-state index contributed by atoms with van der Waals surface area (Å²) in [5.74, 6) is -0.781. The molecule has 1 heterocycles. The summed E-state index contributed by atoms with van der Waals surface area (Å²) in [5, 5.41) is 27.0. The number of carbonyl (C=O) groups excluding carboxylic acids is 1. The number of aliphatic hydroxyl groups is 2. The van der Waals surface area contributed by atoms with Crippen LogP contribution in [0.3, 0.4) is 0 Å². The third-order valence-electron chi connectivity index (χ3n) is 13.3. The Balaban J connectivity index is 1.26. The summed E-state index contributed by atoms with van der Waals surface area (Å²) in [6.07, 6.45) is 7.97. The van der Waals surface area contributed by atoms with E-state index < -0.39 is 29.7 Å². The highest BCUT2D eigenvalue weighted by Crippen LogP contribution is 2.62. The molecule has 5 aromatic carbocycles. The number of benzene rings is 5. The van der Waals surface area contributed by atoms with E-state index in [9.17, 15) is 19.4 Å². The van der Waals surface area contributed by atoms with Crippen molar-refractivity contribution in [3.05, 3.63) is 162 Å². The Morgan fingerprint density at radius 2 is 1.60 bits per heavy atom. The average molecular weight is 927 g/mol. The molecule has 2 N–H and O–H groups in total. The molecular weight excluding hydrogens is 864 g/mol. The van der Waals surface area contributed by atoms with E-state index in [0.29, 0.717) is 54.6 Å². The first-order valence-corrected chi connectivity index (χ1v) is 24.0. The Labute approximate surface area is 398 Å². The van der Waals surface area contributed by atoms with Crippen molar-refractivity contribution in [2.75, 3.05) is 39.6 Å². The molecule has 0 spiro atoms. The fourth-order valence-corrected chi connectivity index (χ4v) is 10.3. The van der Waals surface area contributed by atoms with Crippen LogP contribution in [0.15, 0.2) is 145 Å². The van der Waals surface area contributed by atoms with Crippen molar-refractivity contribution < 1.29 is 47.9 Å². The van der Waals surface area contributed by atoms with Gasteiger partial charge in [0.15, 0.2) is 0 Å². The van der Waals surface area contributed by atoms with Crippen LogP contribution < -0.4 is 9.47 Å². The number of nitrogens with zero attached hydrogens (tertiary/aromatic N) is 2. The van der Waals surface area contributed by atoms with Crippen molar-refractivity contribution >= 4 is 22.6 Å². The minimum atomic E-state index is -1.53.